The number of halogens is 3. The molecule has 0 amide bonds. The number of benzene rings is 1. The van der Waals surface area contributed by atoms with Crippen LogP contribution in [0.3, 0.4) is 0 Å². The van der Waals surface area contributed by atoms with Crippen LogP contribution in [0.2, 0.25) is 5.02 Å². The highest BCUT2D eigenvalue weighted by Gasteiger charge is 2.25. The molecule has 25 heavy (non-hydrogen) atoms. The van der Waals surface area contributed by atoms with Gasteiger partial charge >= 0.3 is 0 Å². The Labute approximate surface area is 145 Å². The Kier molecular flexibility index (Phi) is 4.21. The van der Waals surface area contributed by atoms with Crippen LogP contribution in [0.4, 0.5) is 14.5 Å². The Bertz CT molecular complexity index is 1110. The third-order valence-corrected chi connectivity index (χ3v) is 4.15. The summed E-state index contributed by atoms with van der Waals surface area (Å²) in [6.45, 7) is 0. The SMILES string of the molecule is CS(=O)(=O)Nc1ccc(F)c(C(=O)c2c[nH]c3ncc(Cl)cc23)c1F. The Morgan fingerprint density at radius 2 is 2.04 bits per heavy atom. The average molecular weight is 386 g/mol. The lowest BCUT2D eigenvalue weighted by molar-refractivity contribution is 0.103. The Hall–Kier alpha value is -2.52. The van der Waals surface area contributed by atoms with Crippen molar-refractivity contribution in [3.8, 4) is 0 Å². The van der Waals surface area contributed by atoms with E-state index in [2.05, 4.69) is 9.97 Å². The van der Waals surface area contributed by atoms with Crippen LogP contribution in [0.25, 0.3) is 11.0 Å². The maximum atomic E-state index is 14.5. The van der Waals surface area contributed by atoms with E-state index in [0.717, 1.165) is 18.4 Å². The Morgan fingerprint density at radius 1 is 1.32 bits per heavy atom. The quantitative estimate of drug-likeness (QED) is 0.675. The third-order valence-electron chi connectivity index (χ3n) is 3.36. The van der Waals surface area contributed by atoms with E-state index in [4.69, 9.17) is 11.6 Å². The predicted molar refractivity (Wildman–Crippen MR) is 89.4 cm³/mol. The molecule has 0 aliphatic carbocycles. The molecule has 0 aliphatic rings. The first-order valence-corrected chi connectivity index (χ1v) is 9.07. The van der Waals surface area contributed by atoms with Crippen molar-refractivity contribution in [2.24, 2.45) is 0 Å². The number of nitrogens with zero attached hydrogens (tertiary/aromatic N) is 1. The highest BCUT2D eigenvalue weighted by Crippen LogP contribution is 2.28. The fraction of sp³-hybridized carbons (Fsp3) is 0.0667. The zero-order valence-corrected chi connectivity index (χ0v) is 14.2. The largest absolute Gasteiger partial charge is 0.345 e. The number of ketones is 1. The van der Waals surface area contributed by atoms with Gasteiger partial charge in [0.1, 0.15) is 11.5 Å². The van der Waals surface area contributed by atoms with Gasteiger partial charge in [0.15, 0.2) is 5.82 Å². The molecule has 3 aromatic rings. The monoisotopic (exact) mass is 385 g/mol. The summed E-state index contributed by atoms with van der Waals surface area (Å²) < 4.78 is 53.1. The van der Waals surface area contributed by atoms with E-state index >= 15 is 0 Å². The predicted octanol–water partition coefficient (Wildman–Crippen LogP) is 3.10. The van der Waals surface area contributed by atoms with Crippen LogP contribution < -0.4 is 4.72 Å². The zero-order chi connectivity index (χ0) is 18.4. The minimum Gasteiger partial charge on any atom is -0.345 e. The Balaban J connectivity index is 2.16. The van der Waals surface area contributed by atoms with Crippen molar-refractivity contribution < 1.29 is 22.0 Å². The number of carbonyl (C=O) groups is 1. The molecule has 6 nitrogen and oxygen atoms in total. The van der Waals surface area contributed by atoms with E-state index in [1.165, 1.54) is 18.5 Å². The van der Waals surface area contributed by atoms with Crippen molar-refractivity contribution in [3.63, 3.8) is 0 Å². The van der Waals surface area contributed by atoms with Gasteiger partial charge in [-0.2, -0.15) is 0 Å². The van der Waals surface area contributed by atoms with Gasteiger partial charge in [0.2, 0.25) is 15.8 Å². The lowest BCUT2D eigenvalue weighted by Crippen LogP contribution is -2.14. The van der Waals surface area contributed by atoms with Crippen molar-refractivity contribution >= 4 is 44.1 Å². The van der Waals surface area contributed by atoms with Crippen LogP contribution in [0.5, 0.6) is 0 Å². The first kappa shape index (κ1) is 17.3. The minimum absolute atomic E-state index is 0.0423. The van der Waals surface area contributed by atoms with E-state index < -0.39 is 38.7 Å². The number of aromatic amines is 1. The highest BCUT2D eigenvalue weighted by molar-refractivity contribution is 7.92. The van der Waals surface area contributed by atoms with Gasteiger partial charge in [-0.05, 0) is 18.2 Å². The number of hydrogen-bond acceptors (Lipinski definition) is 4. The highest BCUT2D eigenvalue weighted by atomic mass is 35.5. The molecule has 3 rings (SSSR count). The summed E-state index contributed by atoms with van der Waals surface area (Å²) in [6, 6.07) is 3.14. The smallest absolute Gasteiger partial charge is 0.229 e. The van der Waals surface area contributed by atoms with Gasteiger partial charge in [-0.15, -0.1) is 0 Å². The fourth-order valence-corrected chi connectivity index (χ4v) is 3.05. The van der Waals surface area contributed by atoms with Gasteiger partial charge < -0.3 is 4.98 Å². The van der Waals surface area contributed by atoms with Gasteiger partial charge in [0.05, 0.1) is 22.5 Å². The normalized spacial score (nSPS) is 11.7. The van der Waals surface area contributed by atoms with Crippen LogP contribution in [0.15, 0.2) is 30.6 Å². The fourth-order valence-electron chi connectivity index (χ4n) is 2.34. The molecule has 0 fully saturated rings. The van der Waals surface area contributed by atoms with E-state index in [1.807, 2.05) is 4.72 Å². The van der Waals surface area contributed by atoms with Crippen LogP contribution >= 0.6 is 11.6 Å². The lowest BCUT2D eigenvalue weighted by atomic mass is 10.0. The minimum atomic E-state index is -3.81. The summed E-state index contributed by atoms with van der Waals surface area (Å²) >= 11 is 5.85. The van der Waals surface area contributed by atoms with Crippen molar-refractivity contribution in [2.45, 2.75) is 0 Å². The molecule has 1 aromatic carbocycles. The summed E-state index contributed by atoms with van der Waals surface area (Å²) in [6.07, 6.45) is 3.42. The molecular formula is C15H10ClF2N3O3S. The van der Waals surface area contributed by atoms with Crippen molar-refractivity contribution in [3.05, 3.63) is 58.4 Å². The second-order valence-electron chi connectivity index (χ2n) is 5.24. The standard InChI is InChI=1S/C15H10ClF2N3O3S/c1-25(23,24)21-11-3-2-10(17)12(13(11)18)14(22)9-6-20-15-8(9)4-7(16)5-19-15/h2-6,21H,1H3,(H,19,20). The number of hydrogen-bond donors (Lipinski definition) is 2. The van der Waals surface area contributed by atoms with E-state index in [-0.39, 0.29) is 16.0 Å². The lowest BCUT2D eigenvalue weighted by Gasteiger charge is -2.09. The molecule has 2 aromatic heterocycles. The summed E-state index contributed by atoms with van der Waals surface area (Å²) in [5.74, 6) is -3.40. The molecule has 2 heterocycles. The molecule has 130 valence electrons. The van der Waals surface area contributed by atoms with E-state index in [9.17, 15) is 22.0 Å². The molecule has 10 heteroatoms. The summed E-state index contributed by atoms with van der Waals surface area (Å²) in [4.78, 5) is 19.3. The number of pyridine rings is 1. The molecule has 0 unspecified atom stereocenters. The molecule has 0 radical (unpaired) electrons. The second kappa shape index (κ2) is 6.08. The van der Waals surface area contributed by atoms with Crippen LogP contribution in [-0.2, 0) is 10.0 Å². The maximum absolute atomic E-state index is 14.5. The van der Waals surface area contributed by atoms with Crippen molar-refractivity contribution in [1.29, 1.82) is 0 Å². The first-order chi connectivity index (χ1) is 11.7. The molecule has 0 spiro atoms. The summed E-state index contributed by atoms with van der Waals surface area (Å²) in [7, 11) is -3.81. The zero-order valence-electron chi connectivity index (χ0n) is 12.6. The van der Waals surface area contributed by atoms with Crippen molar-refractivity contribution in [2.75, 3.05) is 11.0 Å². The number of H-pyrrole nitrogens is 1. The van der Waals surface area contributed by atoms with Crippen LogP contribution in [0, 0.1) is 11.6 Å². The molecule has 0 saturated carbocycles. The van der Waals surface area contributed by atoms with Gasteiger partial charge in [-0.25, -0.2) is 22.2 Å². The van der Waals surface area contributed by atoms with Gasteiger partial charge in [-0.1, -0.05) is 11.6 Å². The maximum Gasteiger partial charge on any atom is 0.229 e. The average Bonchev–Trinajstić information content (AvgIpc) is 2.92. The summed E-state index contributed by atoms with van der Waals surface area (Å²) in [5, 5.41) is 0.535. The van der Waals surface area contributed by atoms with Crippen molar-refractivity contribution in [1.82, 2.24) is 9.97 Å². The van der Waals surface area contributed by atoms with E-state index in [0.29, 0.717) is 5.65 Å². The summed E-state index contributed by atoms with van der Waals surface area (Å²) in [5.41, 5.74) is -1.13. The topological polar surface area (TPSA) is 91.9 Å². The number of nitrogens with one attached hydrogen (secondary N) is 2. The number of rotatable bonds is 4. The van der Waals surface area contributed by atoms with Crippen LogP contribution in [-0.4, -0.2) is 30.4 Å². The molecular weight excluding hydrogens is 376 g/mol. The first-order valence-electron chi connectivity index (χ1n) is 6.80. The van der Waals surface area contributed by atoms with Crippen LogP contribution in [0.1, 0.15) is 15.9 Å². The molecule has 0 aliphatic heterocycles. The second-order valence-corrected chi connectivity index (χ2v) is 7.42. The molecule has 2 N–H and O–H groups in total. The number of anilines is 1. The third kappa shape index (κ3) is 3.33. The molecule has 0 bridgehead atoms. The van der Waals surface area contributed by atoms with E-state index in [1.54, 1.807) is 0 Å². The number of fused-ring (bicyclic) bond motifs is 1. The molecule has 0 atom stereocenters. The van der Waals surface area contributed by atoms with Gasteiger partial charge in [0.25, 0.3) is 0 Å². The number of aromatic nitrogens is 2. The van der Waals surface area contributed by atoms with Gasteiger partial charge in [0, 0.05) is 23.3 Å². The van der Waals surface area contributed by atoms with Gasteiger partial charge in [-0.3, -0.25) is 9.52 Å². The number of carbonyl (C=O) groups excluding carboxylic acids is 1. The molecule has 0 saturated heterocycles. The Morgan fingerprint density at radius 3 is 2.72 bits per heavy atom. The number of sulfonamides is 1.